The van der Waals surface area contributed by atoms with E-state index >= 15 is 0 Å². The minimum absolute atomic E-state index is 0.0635. The molecule has 8 nitrogen and oxygen atoms in total. The lowest BCUT2D eigenvalue weighted by Crippen LogP contribution is -2.58. The molecule has 0 atom stereocenters. The fourth-order valence-corrected chi connectivity index (χ4v) is 5.87. The van der Waals surface area contributed by atoms with Crippen molar-refractivity contribution in [2.45, 2.75) is 122 Å². The van der Waals surface area contributed by atoms with E-state index in [2.05, 4.69) is 10.4 Å². The lowest BCUT2D eigenvalue weighted by atomic mass is 9.57. The molecular weight excluding hydrogens is 489 g/mol. The molecule has 1 aromatic heterocycles. The van der Waals surface area contributed by atoms with E-state index in [1.807, 2.05) is 20.8 Å². The van der Waals surface area contributed by atoms with Crippen LogP contribution in [-0.2, 0) is 35.2 Å². The van der Waals surface area contributed by atoms with Gasteiger partial charge in [-0.1, -0.05) is 0 Å². The van der Waals surface area contributed by atoms with Gasteiger partial charge in [0.15, 0.2) is 0 Å². The van der Waals surface area contributed by atoms with E-state index in [1.165, 1.54) is 4.90 Å². The minimum atomic E-state index is -4.60. The normalized spacial score (nSPS) is 26.0. The Hall–Kier alpha value is -2.46. The zero-order valence-corrected chi connectivity index (χ0v) is 22.7. The zero-order valence-electron chi connectivity index (χ0n) is 22.7. The summed E-state index contributed by atoms with van der Waals surface area (Å²) in [5.41, 5.74) is -2.31. The molecule has 2 amide bonds. The number of carbonyl (C=O) groups is 2. The highest BCUT2D eigenvalue weighted by atomic mass is 19.4. The Bertz CT molecular complexity index is 1030. The number of fused-ring (bicyclic) bond motifs is 4. The van der Waals surface area contributed by atoms with Crippen LogP contribution in [0.15, 0.2) is 0 Å². The summed E-state index contributed by atoms with van der Waals surface area (Å²) in [6.45, 7) is 10.9. The van der Waals surface area contributed by atoms with Gasteiger partial charge in [-0.25, -0.2) is 9.59 Å². The molecule has 208 valence electrons. The summed E-state index contributed by atoms with van der Waals surface area (Å²) in [7, 11) is 0. The Labute approximate surface area is 216 Å². The summed E-state index contributed by atoms with van der Waals surface area (Å²) in [4.78, 5) is 26.3. The summed E-state index contributed by atoms with van der Waals surface area (Å²) in [5, 5.41) is 7.48. The molecule has 3 fully saturated rings. The number of alkyl carbamates (subject to hydrolysis) is 1. The summed E-state index contributed by atoms with van der Waals surface area (Å²) in [5.74, 6) is 0. The number of aromatic nitrogens is 2. The van der Waals surface area contributed by atoms with Crippen molar-refractivity contribution in [1.29, 1.82) is 0 Å². The number of nitrogens with one attached hydrogen (secondary N) is 1. The number of amides is 2. The van der Waals surface area contributed by atoms with E-state index in [0.29, 0.717) is 44.2 Å². The molecule has 1 aromatic rings. The minimum Gasteiger partial charge on any atom is -0.444 e. The lowest BCUT2D eigenvalue weighted by Gasteiger charge is -2.53. The number of halogens is 3. The fourth-order valence-electron chi connectivity index (χ4n) is 5.87. The molecule has 4 aliphatic rings. The maximum absolute atomic E-state index is 14.3. The SMILES string of the molecule is CC(C)(C)OC(=O)NC12CCC(Cn3nc4c(c3C(F)(F)F)CN(C(=O)OC(C)(C)C)CC4)(CC1)CC2. The van der Waals surface area contributed by atoms with Crippen molar-refractivity contribution < 1.29 is 32.2 Å². The maximum atomic E-state index is 14.3. The Morgan fingerprint density at radius 2 is 1.51 bits per heavy atom. The highest BCUT2D eigenvalue weighted by Gasteiger charge is 2.51. The smallest absolute Gasteiger partial charge is 0.433 e. The number of carbonyl (C=O) groups excluding carboxylic acids is 2. The average molecular weight is 529 g/mol. The Morgan fingerprint density at radius 1 is 0.946 bits per heavy atom. The van der Waals surface area contributed by atoms with Crippen LogP contribution in [0.5, 0.6) is 0 Å². The number of alkyl halides is 3. The summed E-state index contributed by atoms with van der Waals surface area (Å²) < 4.78 is 55.0. The second-order valence-corrected chi connectivity index (χ2v) is 13.0. The van der Waals surface area contributed by atoms with E-state index in [-0.39, 0.29) is 42.6 Å². The van der Waals surface area contributed by atoms with Gasteiger partial charge in [0, 0.05) is 30.6 Å². The first kappa shape index (κ1) is 27.6. The van der Waals surface area contributed by atoms with Gasteiger partial charge in [-0.2, -0.15) is 18.3 Å². The van der Waals surface area contributed by atoms with Crippen LogP contribution >= 0.6 is 0 Å². The highest BCUT2D eigenvalue weighted by molar-refractivity contribution is 5.69. The van der Waals surface area contributed by atoms with Gasteiger partial charge in [0.05, 0.1) is 12.2 Å². The first-order chi connectivity index (χ1) is 16.9. The number of hydrogen-bond acceptors (Lipinski definition) is 5. The van der Waals surface area contributed by atoms with Crippen LogP contribution in [0.1, 0.15) is 97.0 Å². The van der Waals surface area contributed by atoms with Gasteiger partial charge in [-0.3, -0.25) is 4.68 Å². The van der Waals surface area contributed by atoms with Crippen molar-refractivity contribution in [2.24, 2.45) is 5.41 Å². The monoisotopic (exact) mass is 528 g/mol. The number of ether oxygens (including phenoxy) is 2. The second-order valence-electron chi connectivity index (χ2n) is 13.0. The molecule has 1 aliphatic heterocycles. The molecule has 37 heavy (non-hydrogen) atoms. The third-order valence-electron chi connectivity index (χ3n) is 7.67. The van der Waals surface area contributed by atoms with Crippen molar-refractivity contribution in [3.05, 3.63) is 17.0 Å². The zero-order chi connectivity index (χ0) is 27.4. The topological polar surface area (TPSA) is 85.7 Å². The van der Waals surface area contributed by atoms with Gasteiger partial charge in [-0.05, 0) is 85.5 Å². The van der Waals surface area contributed by atoms with Crippen molar-refractivity contribution in [3.8, 4) is 0 Å². The van der Waals surface area contributed by atoms with Gasteiger partial charge in [0.1, 0.15) is 16.9 Å². The van der Waals surface area contributed by atoms with Crippen molar-refractivity contribution in [1.82, 2.24) is 20.0 Å². The summed E-state index contributed by atoms with van der Waals surface area (Å²) in [6, 6.07) is 0. The Kier molecular flexibility index (Phi) is 6.77. The van der Waals surface area contributed by atoms with Crippen LogP contribution in [0.3, 0.4) is 0 Å². The van der Waals surface area contributed by atoms with E-state index in [1.54, 1.807) is 20.8 Å². The molecule has 0 saturated heterocycles. The van der Waals surface area contributed by atoms with E-state index < -0.39 is 35.3 Å². The third kappa shape index (κ3) is 6.17. The van der Waals surface area contributed by atoms with Crippen LogP contribution in [0.4, 0.5) is 22.8 Å². The van der Waals surface area contributed by atoms with Crippen molar-refractivity contribution >= 4 is 12.2 Å². The van der Waals surface area contributed by atoms with Crippen LogP contribution < -0.4 is 5.32 Å². The second kappa shape index (κ2) is 9.08. The predicted molar refractivity (Wildman–Crippen MR) is 130 cm³/mol. The van der Waals surface area contributed by atoms with Crippen molar-refractivity contribution in [3.63, 3.8) is 0 Å². The Balaban J connectivity index is 1.50. The lowest BCUT2D eigenvalue weighted by molar-refractivity contribution is -0.146. The van der Waals surface area contributed by atoms with Crippen LogP contribution in [0, 0.1) is 5.41 Å². The largest absolute Gasteiger partial charge is 0.444 e. The molecule has 0 radical (unpaired) electrons. The van der Waals surface area contributed by atoms with Gasteiger partial charge >= 0.3 is 18.4 Å². The van der Waals surface area contributed by atoms with Gasteiger partial charge in [-0.15, -0.1) is 0 Å². The van der Waals surface area contributed by atoms with Crippen LogP contribution in [0.25, 0.3) is 0 Å². The number of hydrogen-bond donors (Lipinski definition) is 1. The molecule has 2 heterocycles. The molecule has 5 rings (SSSR count). The quantitative estimate of drug-likeness (QED) is 0.535. The van der Waals surface area contributed by atoms with Crippen molar-refractivity contribution in [2.75, 3.05) is 6.54 Å². The molecule has 3 aliphatic carbocycles. The summed E-state index contributed by atoms with van der Waals surface area (Å²) >= 11 is 0. The molecule has 2 bridgehead atoms. The number of nitrogens with zero attached hydrogens (tertiary/aromatic N) is 3. The summed E-state index contributed by atoms with van der Waals surface area (Å²) in [6.07, 6.45) is -1.22. The number of rotatable bonds is 3. The molecule has 3 saturated carbocycles. The fraction of sp³-hybridized carbons (Fsp3) is 0.808. The van der Waals surface area contributed by atoms with Gasteiger partial charge < -0.3 is 19.7 Å². The molecule has 0 spiro atoms. The third-order valence-corrected chi connectivity index (χ3v) is 7.67. The van der Waals surface area contributed by atoms with E-state index in [0.717, 1.165) is 4.68 Å². The van der Waals surface area contributed by atoms with Crippen LogP contribution in [0.2, 0.25) is 0 Å². The first-order valence-electron chi connectivity index (χ1n) is 13.0. The first-order valence-corrected chi connectivity index (χ1v) is 13.0. The standard InChI is InChI=1S/C26H39F3N4O4/c1-22(2,3)36-20(34)30-25-11-8-24(9-12-25,10-13-25)16-33-19(26(27,28)29)17-15-32(14-7-18(17)31-33)21(35)37-23(4,5)6/h7-16H2,1-6H3,(H,30,34). The van der Waals surface area contributed by atoms with Gasteiger partial charge in [0.25, 0.3) is 0 Å². The Morgan fingerprint density at radius 3 is 2.03 bits per heavy atom. The van der Waals surface area contributed by atoms with E-state index in [9.17, 15) is 22.8 Å². The highest BCUT2D eigenvalue weighted by Crippen LogP contribution is 2.54. The molecule has 11 heteroatoms. The molecule has 0 aromatic carbocycles. The maximum Gasteiger partial charge on any atom is 0.433 e. The van der Waals surface area contributed by atoms with Crippen LogP contribution in [-0.4, -0.2) is 50.2 Å². The molecular formula is C26H39F3N4O4. The predicted octanol–water partition coefficient (Wildman–Crippen LogP) is 5.81. The average Bonchev–Trinajstić information content (AvgIpc) is 3.09. The van der Waals surface area contributed by atoms with E-state index in [4.69, 9.17) is 9.47 Å². The molecule has 0 unspecified atom stereocenters. The molecule has 1 N–H and O–H groups in total. The van der Waals surface area contributed by atoms with Gasteiger partial charge in [0.2, 0.25) is 0 Å².